The standard InChI is InChI=1S/C11H13NO4/c13-11(14)10-9(2-1-4-12-10)16-7-8-3-5-15-6-8/h1-2,4,8H,3,5-7H2,(H,13,14). The molecule has 1 aliphatic heterocycles. The van der Waals surface area contributed by atoms with Gasteiger partial charge in [-0.3, -0.25) is 0 Å². The lowest BCUT2D eigenvalue weighted by Crippen LogP contribution is -2.14. The van der Waals surface area contributed by atoms with Crippen molar-refractivity contribution in [3.05, 3.63) is 24.0 Å². The van der Waals surface area contributed by atoms with Crippen molar-refractivity contribution in [3.63, 3.8) is 0 Å². The lowest BCUT2D eigenvalue weighted by molar-refractivity contribution is 0.0684. The normalized spacial score (nSPS) is 19.6. The van der Waals surface area contributed by atoms with E-state index >= 15 is 0 Å². The van der Waals surface area contributed by atoms with Gasteiger partial charge in [-0.25, -0.2) is 9.78 Å². The van der Waals surface area contributed by atoms with Crippen LogP contribution in [0, 0.1) is 5.92 Å². The van der Waals surface area contributed by atoms with Crippen LogP contribution in [0.2, 0.25) is 0 Å². The molecule has 1 aromatic heterocycles. The molecule has 0 spiro atoms. The van der Waals surface area contributed by atoms with E-state index in [2.05, 4.69) is 4.98 Å². The molecule has 1 saturated heterocycles. The quantitative estimate of drug-likeness (QED) is 0.830. The van der Waals surface area contributed by atoms with E-state index in [0.29, 0.717) is 24.9 Å². The Morgan fingerprint density at radius 2 is 2.56 bits per heavy atom. The van der Waals surface area contributed by atoms with E-state index in [-0.39, 0.29) is 5.69 Å². The summed E-state index contributed by atoms with van der Waals surface area (Å²) in [5, 5.41) is 8.89. The van der Waals surface area contributed by atoms with E-state index < -0.39 is 5.97 Å². The summed E-state index contributed by atoms with van der Waals surface area (Å²) in [4.78, 5) is 14.6. The molecule has 1 fully saturated rings. The smallest absolute Gasteiger partial charge is 0.358 e. The second-order valence-electron chi connectivity index (χ2n) is 3.70. The van der Waals surface area contributed by atoms with Gasteiger partial charge < -0.3 is 14.6 Å². The van der Waals surface area contributed by atoms with Crippen LogP contribution in [0.15, 0.2) is 18.3 Å². The Labute approximate surface area is 93.0 Å². The molecule has 0 saturated carbocycles. The van der Waals surface area contributed by atoms with E-state index in [4.69, 9.17) is 14.6 Å². The fourth-order valence-electron chi connectivity index (χ4n) is 1.59. The van der Waals surface area contributed by atoms with Crippen LogP contribution >= 0.6 is 0 Å². The maximum absolute atomic E-state index is 10.9. The van der Waals surface area contributed by atoms with Crippen LogP contribution in [-0.4, -0.2) is 35.9 Å². The molecule has 1 aromatic rings. The van der Waals surface area contributed by atoms with Gasteiger partial charge in [-0.15, -0.1) is 0 Å². The van der Waals surface area contributed by atoms with Crippen molar-refractivity contribution < 1.29 is 19.4 Å². The predicted molar refractivity (Wildman–Crippen MR) is 55.6 cm³/mol. The van der Waals surface area contributed by atoms with Crippen molar-refractivity contribution in [3.8, 4) is 5.75 Å². The number of nitrogens with zero attached hydrogens (tertiary/aromatic N) is 1. The second-order valence-corrected chi connectivity index (χ2v) is 3.70. The number of carboxylic acid groups (broad SMARTS) is 1. The van der Waals surface area contributed by atoms with Crippen molar-refractivity contribution in [2.45, 2.75) is 6.42 Å². The van der Waals surface area contributed by atoms with Crippen LogP contribution in [0.1, 0.15) is 16.9 Å². The maximum Gasteiger partial charge on any atom is 0.358 e. The third-order valence-electron chi connectivity index (χ3n) is 2.47. The molecule has 1 N–H and O–H groups in total. The average Bonchev–Trinajstić information content (AvgIpc) is 2.79. The minimum atomic E-state index is -1.07. The zero-order chi connectivity index (χ0) is 11.4. The van der Waals surface area contributed by atoms with Gasteiger partial charge in [0.15, 0.2) is 11.4 Å². The van der Waals surface area contributed by atoms with E-state index in [1.807, 2.05) is 0 Å². The Balaban J connectivity index is 2.00. The minimum Gasteiger partial charge on any atom is -0.491 e. The number of ether oxygens (including phenoxy) is 2. The highest BCUT2D eigenvalue weighted by atomic mass is 16.5. The first kappa shape index (κ1) is 10.9. The number of aromatic carboxylic acids is 1. The van der Waals surface area contributed by atoms with Crippen molar-refractivity contribution >= 4 is 5.97 Å². The summed E-state index contributed by atoms with van der Waals surface area (Å²) in [6.07, 6.45) is 2.40. The Bertz CT molecular complexity index is 374. The molecule has 2 rings (SSSR count). The first-order valence-corrected chi connectivity index (χ1v) is 5.16. The predicted octanol–water partition coefficient (Wildman–Crippen LogP) is 1.20. The summed E-state index contributed by atoms with van der Waals surface area (Å²) >= 11 is 0. The molecule has 16 heavy (non-hydrogen) atoms. The Morgan fingerprint density at radius 1 is 1.69 bits per heavy atom. The molecular weight excluding hydrogens is 210 g/mol. The van der Waals surface area contributed by atoms with Gasteiger partial charge in [0, 0.05) is 18.7 Å². The highest BCUT2D eigenvalue weighted by Gasteiger charge is 2.18. The molecule has 5 nitrogen and oxygen atoms in total. The van der Waals surface area contributed by atoms with Crippen LogP contribution < -0.4 is 4.74 Å². The fraction of sp³-hybridized carbons (Fsp3) is 0.455. The van der Waals surface area contributed by atoms with E-state index in [0.717, 1.165) is 13.0 Å². The van der Waals surface area contributed by atoms with Gasteiger partial charge >= 0.3 is 5.97 Å². The maximum atomic E-state index is 10.9. The molecule has 0 amide bonds. The molecular formula is C11H13NO4. The van der Waals surface area contributed by atoms with Crippen LogP contribution in [0.25, 0.3) is 0 Å². The zero-order valence-electron chi connectivity index (χ0n) is 8.76. The molecule has 1 unspecified atom stereocenters. The number of pyridine rings is 1. The number of carboxylic acids is 1. The van der Waals surface area contributed by atoms with E-state index in [1.54, 1.807) is 12.1 Å². The summed E-state index contributed by atoms with van der Waals surface area (Å²) in [7, 11) is 0. The summed E-state index contributed by atoms with van der Waals surface area (Å²) in [5.41, 5.74) is -0.0404. The van der Waals surface area contributed by atoms with Crippen molar-refractivity contribution in [1.29, 1.82) is 0 Å². The van der Waals surface area contributed by atoms with Gasteiger partial charge in [-0.2, -0.15) is 0 Å². The SMILES string of the molecule is O=C(O)c1ncccc1OCC1CCOC1. The molecule has 1 aliphatic rings. The number of hydrogen-bond acceptors (Lipinski definition) is 4. The molecule has 0 aromatic carbocycles. The fourth-order valence-corrected chi connectivity index (χ4v) is 1.59. The highest BCUT2D eigenvalue weighted by molar-refractivity contribution is 5.88. The van der Waals surface area contributed by atoms with Gasteiger partial charge in [0.25, 0.3) is 0 Å². The second kappa shape index (κ2) is 4.94. The first-order valence-electron chi connectivity index (χ1n) is 5.16. The van der Waals surface area contributed by atoms with Crippen molar-refractivity contribution in [2.75, 3.05) is 19.8 Å². The summed E-state index contributed by atoms with van der Waals surface area (Å²) in [6.45, 7) is 1.92. The Morgan fingerprint density at radius 3 is 3.25 bits per heavy atom. The van der Waals surface area contributed by atoms with Crippen LogP contribution in [0.3, 0.4) is 0 Å². The number of hydrogen-bond donors (Lipinski definition) is 1. The van der Waals surface area contributed by atoms with Gasteiger partial charge in [0.1, 0.15) is 0 Å². The molecule has 5 heteroatoms. The highest BCUT2D eigenvalue weighted by Crippen LogP contribution is 2.18. The molecule has 0 aliphatic carbocycles. The number of carbonyl (C=O) groups is 1. The topological polar surface area (TPSA) is 68.7 Å². The van der Waals surface area contributed by atoms with Crippen molar-refractivity contribution in [2.24, 2.45) is 5.92 Å². The van der Waals surface area contributed by atoms with E-state index in [1.165, 1.54) is 6.20 Å². The molecule has 1 atom stereocenters. The van der Waals surface area contributed by atoms with Gasteiger partial charge in [-0.1, -0.05) is 0 Å². The van der Waals surface area contributed by atoms with Crippen LogP contribution in [-0.2, 0) is 4.74 Å². The monoisotopic (exact) mass is 223 g/mol. The summed E-state index contributed by atoms with van der Waals surface area (Å²) in [6, 6.07) is 3.28. The number of rotatable bonds is 4. The summed E-state index contributed by atoms with van der Waals surface area (Å²) < 4.78 is 10.7. The third-order valence-corrected chi connectivity index (χ3v) is 2.47. The Hall–Kier alpha value is -1.62. The molecule has 2 heterocycles. The lowest BCUT2D eigenvalue weighted by atomic mass is 10.1. The van der Waals surface area contributed by atoms with Crippen LogP contribution in [0.5, 0.6) is 5.75 Å². The lowest BCUT2D eigenvalue weighted by Gasteiger charge is -2.11. The zero-order valence-corrected chi connectivity index (χ0v) is 8.76. The first-order chi connectivity index (χ1) is 7.77. The minimum absolute atomic E-state index is 0.0404. The third kappa shape index (κ3) is 2.49. The van der Waals surface area contributed by atoms with Gasteiger partial charge in [-0.05, 0) is 18.6 Å². The van der Waals surface area contributed by atoms with Gasteiger partial charge in [0.2, 0.25) is 0 Å². The molecule has 0 bridgehead atoms. The molecule has 0 radical (unpaired) electrons. The molecule has 86 valence electrons. The van der Waals surface area contributed by atoms with E-state index in [9.17, 15) is 4.79 Å². The number of aromatic nitrogens is 1. The van der Waals surface area contributed by atoms with Crippen LogP contribution in [0.4, 0.5) is 0 Å². The Kier molecular flexibility index (Phi) is 3.36. The summed E-state index contributed by atoms with van der Waals surface area (Å²) in [5.74, 6) is -0.401. The largest absolute Gasteiger partial charge is 0.491 e. The van der Waals surface area contributed by atoms with Crippen molar-refractivity contribution in [1.82, 2.24) is 4.98 Å². The van der Waals surface area contributed by atoms with Gasteiger partial charge in [0.05, 0.1) is 13.2 Å². The average molecular weight is 223 g/mol.